The van der Waals surface area contributed by atoms with Crippen LogP contribution in [0.2, 0.25) is 0 Å². The summed E-state index contributed by atoms with van der Waals surface area (Å²) in [5.41, 5.74) is 0.766. The third-order valence-electron chi connectivity index (χ3n) is 6.28. The summed E-state index contributed by atoms with van der Waals surface area (Å²) in [6.45, 7) is 2.77. The smallest absolute Gasteiger partial charge is 0.344 e. The molecule has 1 aromatic carbocycles. The number of likely N-dealkylation sites (tertiary alicyclic amines) is 1. The Hall–Kier alpha value is -2.83. The monoisotopic (exact) mass is 413 g/mol. The topological polar surface area (TPSA) is 86.0 Å². The Morgan fingerprint density at radius 1 is 1.10 bits per heavy atom. The molecular formula is C23H27NO6. The number of nitrogens with zero attached hydrogens (tertiary/aromatic N) is 1. The normalized spacial score (nSPS) is 21.2. The average molecular weight is 413 g/mol. The first-order chi connectivity index (χ1) is 14.5. The summed E-state index contributed by atoms with van der Waals surface area (Å²) in [4.78, 5) is 37.8. The molecule has 4 rings (SSSR count). The second kappa shape index (κ2) is 8.90. The van der Waals surface area contributed by atoms with Gasteiger partial charge in [-0.3, -0.25) is 4.79 Å². The van der Waals surface area contributed by atoms with Gasteiger partial charge in [0, 0.05) is 30.6 Å². The van der Waals surface area contributed by atoms with Crippen LogP contribution in [0.5, 0.6) is 5.75 Å². The van der Waals surface area contributed by atoms with E-state index in [4.69, 9.17) is 13.9 Å². The Morgan fingerprint density at radius 2 is 1.90 bits per heavy atom. The second-order valence-electron chi connectivity index (χ2n) is 8.29. The SMILES string of the molecule is Cc1cc(=O)oc2cc(OCC(=O)OCC(=O)N3CC[C@@H]4CCCC[C@@H]4C3)ccc12. The number of benzene rings is 1. The first-order valence-corrected chi connectivity index (χ1v) is 10.6. The molecule has 2 aliphatic rings. The van der Waals surface area contributed by atoms with E-state index < -0.39 is 11.6 Å². The number of carbonyl (C=O) groups is 2. The minimum atomic E-state index is -0.610. The molecule has 2 atom stereocenters. The van der Waals surface area contributed by atoms with Gasteiger partial charge in [0.05, 0.1) is 0 Å². The first kappa shape index (κ1) is 20.4. The molecule has 0 bridgehead atoms. The molecule has 0 radical (unpaired) electrons. The molecule has 1 aromatic heterocycles. The van der Waals surface area contributed by atoms with Gasteiger partial charge in [-0.1, -0.05) is 19.3 Å². The highest BCUT2D eigenvalue weighted by molar-refractivity contribution is 5.82. The van der Waals surface area contributed by atoms with Crippen LogP contribution in [-0.2, 0) is 14.3 Å². The van der Waals surface area contributed by atoms with Crippen molar-refractivity contribution in [1.82, 2.24) is 4.90 Å². The lowest BCUT2D eigenvalue weighted by atomic mass is 9.75. The number of carbonyl (C=O) groups excluding carboxylic acids is 2. The fraction of sp³-hybridized carbons (Fsp3) is 0.522. The van der Waals surface area contributed by atoms with E-state index in [9.17, 15) is 14.4 Å². The number of hydrogen-bond acceptors (Lipinski definition) is 6. The molecule has 1 saturated carbocycles. The van der Waals surface area contributed by atoms with Gasteiger partial charge in [0.2, 0.25) is 0 Å². The van der Waals surface area contributed by atoms with Crippen molar-refractivity contribution in [1.29, 1.82) is 0 Å². The maximum atomic E-state index is 12.4. The van der Waals surface area contributed by atoms with Crippen LogP contribution in [0.25, 0.3) is 11.0 Å². The molecule has 0 N–H and O–H groups in total. The van der Waals surface area contributed by atoms with Gasteiger partial charge >= 0.3 is 11.6 Å². The number of amides is 1. The van der Waals surface area contributed by atoms with Crippen LogP contribution in [0, 0.1) is 18.8 Å². The zero-order valence-electron chi connectivity index (χ0n) is 17.2. The highest BCUT2D eigenvalue weighted by Crippen LogP contribution is 2.36. The Kier molecular flexibility index (Phi) is 6.06. The molecule has 2 aromatic rings. The van der Waals surface area contributed by atoms with Crippen molar-refractivity contribution >= 4 is 22.8 Å². The van der Waals surface area contributed by atoms with Gasteiger partial charge in [-0.15, -0.1) is 0 Å². The van der Waals surface area contributed by atoms with Crippen molar-refractivity contribution < 1.29 is 23.5 Å². The summed E-state index contributed by atoms with van der Waals surface area (Å²) >= 11 is 0. The zero-order chi connectivity index (χ0) is 21.1. The minimum Gasteiger partial charge on any atom is -0.482 e. The van der Waals surface area contributed by atoms with Crippen molar-refractivity contribution in [2.75, 3.05) is 26.3 Å². The average Bonchev–Trinajstić information content (AvgIpc) is 2.75. The summed E-state index contributed by atoms with van der Waals surface area (Å²) in [7, 11) is 0. The van der Waals surface area contributed by atoms with Gasteiger partial charge in [0.1, 0.15) is 11.3 Å². The lowest BCUT2D eigenvalue weighted by Gasteiger charge is -2.41. The third-order valence-corrected chi connectivity index (χ3v) is 6.28. The molecule has 1 aliphatic heterocycles. The van der Waals surface area contributed by atoms with E-state index in [1.165, 1.54) is 31.7 Å². The van der Waals surface area contributed by atoms with Crippen LogP contribution in [0.15, 0.2) is 33.5 Å². The first-order valence-electron chi connectivity index (χ1n) is 10.6. The van der Waals surface area contributed by atoms with E-state index >= 15 is 0 Å². The number of hydrogen-bond donors (Lipinski definition) is 0. The molecule has 1 amide bonds. The van der Waals surface area contributed by atoms with Crippen LogP contribution in [0.3, 0.4) is 0 Å². The van der Waals surface area contributed by atoms with Crippen molar-refractivity contribution in [2.24, 2.45) is 11.8 Å². The van der Waals surface area contributed by atoms with Crippen molar-refractivity contribution in [3.63, 3.8) is 0 Å². The van der Waals surface area contributed by atoms with Gasteiger partial charge in [-0.2, -0.15) is 0 Å². The van der Waals surface area contributed by atoms with Crippen molar-refractivity contribution in [2.45, 2.75) is 39.0 Å². The van der Waals surface area contributed by atoms with E-state index in [2.05, 4.69) is 0 Å². The van der Waals surface area contributed by atoms with Gasteiger partial charge in [0.25, 0.3) is 5.91 Å². The molecule has 0 spiro atoms. The minimum absolute atomic E-state index is 0.143. The Morgan fingerprint density at radius 3 is 2.73 bits per heavy atom. The van der Waals surface area contributed by atoms with Gasteiger partial charge in [-0.05, 0) is 49.3 Å². The number of fused-ring (bicyclic) bond motifs is 2. The molecular weight excluding hydrogens is 386 g/mol. The molecule has 1 saturated heterocycles. The van der Waals surface area contributed by atoms with Crippen LogP contribution in [0.4, 0.5) is 0 Å². The van der Waals surface area contributed by atoms with Gasteiger partial charge in [-0.25, -0.2) is 9.59 Å². The lowest BCUT2D eigenvalue weighted by Crippen LogP contribution is -2.46. The quantitative estimate of drug-likeness (QED) is 0.553. The van der Waals surface area contributed by atoms with Crippen LogP contribution >= 0.6 is 0 Å². The molecule has 7 nitrogen and oxygen atoms in total. The molecule has 1 aliphatic carbocycles. The van der Waals surface area contributed by atoms with Crippen LogP contribution in [-0.4, -0.2) is 43.1 Å². The zero-order valence-corrected chi connectivity index (χ0v) is 17.2. The summed E-state index contributed by atoms with van der Waals surface area (Å²) < 4.78 is 15.7. The Labute approximate surface area is 174 Å². The number of rotatable bonds is 5. The summed E-state index contributed by atoms with van der Waals surface area (Å²) in [6.07, 6.45) is 6.05. The van der Waals surface area contributed by atoms with E-state index in [0.717, 1.165) is 36.4 Å². The van der Waals surface area contributed by atoms with Crippen molar-refractivity contribution in [3.8, 4) is 5.75 Å². The molecule has 2 fully saturated rings. The largest absolute Gasteiger partial charge is 0.482 e. The third kappa shape index (κ3) is 4.66. The van der Waals surface area contributed by atoms with E-state index in [-0.39, 0.29) is 19.1 Å². The van der Waals surface area contributed by atoms with Crippen LogP contribution in [0.1, 0.15) is 37.7 Å². The molecule has 7 heteroatoms. The molecule has 2 heterocycles. The number of esters is 1. The Bertz CT molecular complexity index is 997. The maximum absolute atomic E-state index is 12.4. The van der Waals surface area contributed by atoms with Crippen LogP contribution < -0.4 is 10.4 Å². The predicted molar refractivity (Wildman–Crippen MR) is 110 cm³/mol. The summed E-state index contributed by atoms with van der Waals surface area (Å²) in [5.74, 6) is 0.969. The molecule has 160 valence electrons. The molecule has 30 heavy (non-hydrogen) atoms. The number of piperidine rings is 1. The summed E-state index contributed by atoms with van der Waals surface area (Å²) in [6, 6.07) is 6.46. The lowest BCUT2D eigenvalue weighted by molar-refractivity contribution is -0.154. The molecule has 0 unspecified atom stereocenters. The fourth-order valence-corrected chi connectivity index (χ4v) is 4.64. The highest BCUT2D eigenvalue weighted by atomic mass is 16.6. The van der Waals surface area contributed by atoms with Crippen molar-refractivity contribution in [3.05, 3.63) is 40.2 Å². The Balaban J connectivity index is 1.25. The van der Waals surface area contributed by atoms with Gasteiger partial charge < -0.3 is 18.8 Å². The second-order valence-corrected chi connectivity index (χ2v) is 8.29. The van der Waals surface area contributed by atoms with E-state index in [1.807, 2.05) is 11.8 Å². The van der Waals surface area contributed by atoms with Gasteiger partial charge in [0.15, 0.2) is 13.2 Å². The number of ether oxygens (including phenoxy) is 2. The standard InChI is InChI=1S/C23H27NO6/c1-15-10-22(26)30-20-11-18(6-7-19(15)20)28-14-23(27)29-13-21(25)24-9-8-16-4-2-3-5-17(16)12-24/h6-7,10-11,16-17H,2-5,8-9,12-14H2,1H3/t16-,17+/m0/s1. The van der Waals surface area contributed by atoms with E-state index in [0.29, 0.717) is 17.3 Å². The maximum Gasteiger partial charge on any atom is 0.344 e. The highest BCUT2D eigenvalue weighted by Gasteiger charge is 2.33. The predicted octanol–water partition coefficient (Wildman–Crippen LogP) is 3.06. The van der Waals surface area contributed by atoms with E-state index in [1.54, 1.807) is 18.2 Å². The fourth-order valence-electron chi connectivity index (χ4n) is 4.64. The summed E-state index contributed by atoms with van der Waals surface area (Å²) in [5, 5.41) is 0.803. The number of aryl methyl sites for hydroxylation is 1.